The highest BCUT2D eigenvalue weighted by Crippen LogP contribution is 2.17. The fraction of sp³-hybridized carbons (Fsp3) is 0.429. The fourth-order valence-electron chi connectivity index (χ4n) is 1.80. The van der Waals surface area contributed by atoms with Crippen LogP contribution in [0.2, 0.25) is 0 Å². The van der Waals surface area contributed by atoms with Crippen molar-refractivity contribution in [3.05, 3.63) is 29.8 Å². The van der Waals surface area contributed by atoms with Crippen LogP contribution >= 0.6 is 0 Å². The first-order valence-corrected chi connectivity index (χ1v) is 6.28. The zero-order valence-corrected chi connectivity index (χ0v) is 11.5. The lowest BCUT2D eigenvalue weighted by atomic mass is 10.1. The molecule has 5 heteroatoms. The highest BCUT2D eigenvalue weighted by molar-refractivity contribution is 5.87. The number of hydrogen-bond donors (Lipinski definition) is 2. The molecule has 0 spiro atoms. The molecule has 1 atom stereocenters. The summed E-state index contributed by atoms with van der Waals surface area (Å²) < 4.78 is 0. The summed E-state index contributed by atoms with van der Waals surface area (Å²) in [6.07, 6.45) is 0. The number of carbonyl (C=O) groups excluding carboxylic acids is 1. The molecule has 1 aromatic carbocycles. The van der Waals surface area contributed by atoms with E-state index in [0.29, 0.717) is 6.54 Å². The van der Waals surface area contributed by atoms with Crippen LogP contribution in [0.5, 0.6) is 0 Å². The minimum Gasteiger partial charge on any atom is -0.480 e. The maximum Gasteiger partial charge on any atom is 0.323 e. The SMILES string of the molecule is CCNC(=O)C(C)N(CC(=O)O)c1ccc(C)cc1. The van der Waals surface area contributed by atoms with E-state index in [1.807, 2.05) is 38.1 Å². The molecular weight excluding hydrogens is 244 g/mol. The zero-order valence-electron chi connectivity index (χ0n) is 11.5. The van der Waals surface area contributed by atoms with Crippen molar-refractivity contribution in [1.82, 2.24) is 5.32 Å². The Labute approximate surface area is 113 Å². The normalized spacial score (nSPS) is 11.7. The molecule has 0 saturated carbocycles. The minimum absolute atomic E-state index is 0.177. The number of benzene rings is 1. The lowest BCUT2D eigenvalue weighted by Crippen LogP contribution is -2.47. The molecule has 2 N–H and O–H groups in total. The average Bonchev–Trinajstić information content (AvgIpc) is 2.36. The Hall–Kier alpha value is -2.04. The van der Waals surface area contributed by atoms with Crippen molar-refractivity contribution >= 4 is 17.6 Å². The highest BCUT2D eigenvalue weighted by Gasteiger charge is 2.23. The number of likely N-dealkylation sites (N-methyl/N-ethyl adjacent to an activating group) is 1. The highest BCUT2D eigenvalue weighted by atomic mass is 16.4. The number of nitrogens with zero attached hydrogens (tertiary/aromatic N) is 1. The molecule has 0 bridgehead atoms. The predicted molar refractivity (Wildman–Crippen MR) is 74.3 cm³/mol. The van der Waals surface area contributed by atoms with Crippen molar-refractivity contribution in [1.29, 1.82) is 0 Å². The van der Waals surface area contributed by atoms with Crippen molar-refractivity contribution in [3.8, 4) is 0 Å². The second-order valence-electron chi connectivity index (χ2n) is 4.43. The third-order valence-corrected chi connectivity index (χ3v) is 2.87. The Morgan fingerprint density at radius 3 is 2.37 bits per heavy atom. The molecule has 0 radical (unpaired) electrons. The third-order valence-electron chi connectivity index (χ3n) is 2.87. The Balaban J connectivity index is 2.96. The monoisotopic (exact) mass is 264 g/mol. The van der Waals surface area contributed by atoms with Gasteiger partial charge in [0.05, 0.1) is 0 Å². The summed E-state index contributed by atoms with van der Waals surface area (Å²) in [4.78, 5) is 24.4. The Morgan fingerprint density at radius 2 is 1.89 bits per heavy atom. The van der Waals surface area contributed by atoms with E-state index in [1.165, 1.54) is 0 Å². The summed E-state index contributed by atoms with van der Waals surface area (Å²) in [6, 6.07) is 6.92. The van der Waals surface area contributed by atoms with Gasteiger partial charge in [0, 0.05) is 12.2 Å². The van der Waals surface area contributed by atoms with Crippen molar-refractivity contribution in [2.75, 3.05) is 18.0 Å². The second-order valence-corrected chi connectivity index (χ2v) is 4.43. The van der Waals surface area contributed by atoms with Crippen LogP contribution in [-0.4, -0.2) is 36.1 Å². The Kier molecular flexibility index (Phi) is 5.36. The van der Waals surface area contributed by atoms with Gasteiger partial charge in [0.25, 0.3) is 0 Å². The maximum atomic E-state index is 11.9. The van der Waals surface area contributed by atoms with Crippen LogP contribution in [0.25, 0.3) is 0 Å². The molecule has 0 aliphatic heterocycles. The lowest BCUT2D eigenvalue weighted by Gasteiger charge is -2.28. The molecule has 0 aliphatic rings. The van der Waals surface area contributed by atoms with Crippen LogP contribution < -0.4 is 10.2 Å². The van der Waals surface area contributed by atoms with Crippen LogP contribution in [0.4, 0.5) is 5.69 Å². The summed E-state index contributed by atoms with van der Waals surface area (Å²) in [7, 11) is 0. The summed E-state index contributed by atoms with van der Waals surface area (Å²) >= 11 is 0. The van der Waals surface area contributed by atoms with Gasteiger partial charge >= 0.3 is 5.97 Å². The first-order chi connectivity index (χ1) is 8.95. The smallest absolute Gasteiger partial charge is 0.323 e. The van der Waals surface area contributed by atoms with Gasteiger partial charge in [-0.1, -0.05) is 17.7 Å². The quantitative estimate of drug-likeness (QED) is 0.815. The molecule has 19 heavy (non-hydrogen) atoms. The number of aliphatic carboxylic acids is 1. The number of hydrogen-bond acceptors (Lipinski definition) is 3. The summed E-state index contributed by atoms with van der Waals surface area (Å²) in [5.41, 5.74) is 1.82. The van der Waals surface area contributed by atoms with Gasteiger partial charge in [-0.15, -0.1) is 0 Å². The van der Waals surface area contributed by atoms with Crippen molar-refractivity contribution < 1.29 is 14.7 Å². The van der Waals surface area contributed by atoms with Gasteiger partial charge in [-0.3, -0.25) is 9.59 Å². The molecule has 5 nitrogen and oxygen atoms in total. The Bertz CT molecular complexity index is 443. The summed E-state index contributed by atoms with van der Waals surface area (Å²) in [6.45, 7) is 5.81. The number of carboxylic acids is 1. The second kappa shape index (κ2) is 6.78. The van der Waals surface area contributed by atoms with Gasteiger partial charge < -0.3 is 15.3 Å². The van der Waals surface area contributed by atoms with Crippen LogP contribution in [0.15, 0.2) is 24.3 Å². The van der Waals surface area contributed by atoms with Gasteiger partial charge in [-0.2, -0.15) is 0 Å². The van der Waals surface area contributed by atoms with Gasteiger partial charge in [0.2, 0.25) is 5.91 Å². The lowest BCUT2D eigenvalue weighted by molar-refractivity contribution is -0.135. The standard InChI is InChI=1S/C14H20N2O3/c1-4-15-14(19)11(3)16(9-13(17)18)12-7-5-10(2)6-8-12/h5-8,11H,4,9H2,1-3H3,(H,15,19)(H,17,18). The van der Waals surface area contributed by atoms with Crippen LogP contribution in [0, 0.1) is 6.92 Å². The van der Waals surface area contributed by atoms with E-state index in [0.717, 1.165) is 11.3 Å². The number of carboxylic acid groups (broad SMARTS) is 1. The molecule has 0 fully saturated rings. The van der Waals surface area contributed by atoms with E-state index in [1.54, 1.807) is 11.8 Å². The number of carbonyl (C=O) groups is 2. The maximum absolute atomic E-state index is 11.9. The van der Waals surface area contributed by atoms with Gasteiger partial charge in [0.1, 0.15) is 12.6 Å². The van der Waals surface area contributed by atoms with E-state index >= 15 is 0 Å². The largest absolute Gasteiger partial charge is 0.480 e. The topological polar surface area (TPSA) is 69.6 Å². The summed E-state index contributed by atoms with van der Waals surface area (Å²) in [5, 5.41) is 11.7. The molecule has 0 heterocycles. The number of nitrogens with one attached hydrogen (secondary N) is 1. The first-order valence-electron chi connectivity index (χ1n) is 6.28. The van der Waals surface area contributed by atoms with Crippen LogP contribution in [0.1, 0.15) is 19.4 Å². The number of aryl methyl sites for hydroxylation is 1. The third kappa shape index (κ3) is 4.28. The first kappa shape index (κ1) is 15.0. The minimum atomic E-state index is -0.961. The van der Waals surface area contributed by atoms with E-state index in [4.69, 9.17) is 5.11 Å². The zero-order chi connectivity index (χ0) is 14.4. The summed E-state index contributed by atoms with van der Waals surface area (Å²) in [5.74, 6) is -1.14. The van der Waals surface area contributed by atoms with Crippen LogP contribution in [-0.2, 0) is 9.59 Å². The molecule has 0 aromatic heterocycles. The molecule has 1 unspecified atom stereocenters. The van der Waals surface area contributed by atoms with Crippen molar-refractivity contribution in [3.63, 3.8) is 0 Å². The molecule has 1 aromatic rings. The van der Waals surface area contributed by atoms with E-state index < -0.39 is 12.0 Å². The number of amides is 1. The molecular formula is C14H20N2O3. The molecule has 104 valence electrons. The Morgan fingerprint density at radius 1 is 1.32 bits per heavy atom. The average molecular weight is 264 g/mol. The van der Waals surface area contributed by atoms with Crippen LogP contribution in [0.3, 0.4) is 0 Å². The molecule has 0 saturated heterocycles. The molecule has 0 aliphatic carbocycles. The van der Waals surface area contributed by atoms with E-state index in [2.05, 4.69) is 5.32 Å². The van der Waals surface area contributed by atoms with Crippen molar-refractivity contribution in [2.45, 2.75) is 26.8 Å². The molecule has 1 rings (SSSR count). The van der Waals surface area contributed by atoms with Gasteiger partial charge in [-0.25, -0.2) is 0 Å². The molecule has 1 amide bonds. The predicted octanol–water partition coefficient (Wildman–Crippen LogP) is 1.41. The fourth-order valence-corrected chi connectivity index (χ4v) is 1.80. The van der Waals surface area contributed by atoms with Gasteiger partial charge in [-0.05, 0) is 32.9 Å². The number of anilines is 1. The van der Waals surface area contributed by atoms with E-state index in [9.17, 15) is 9.59 Å². The number of rotatable bonds is 6. The van der Waals surface area contributed by atoms with Gasteiger partial charge in [0.15, 0.2) is 0 Å². The van der Waals surface area contributed by atoms with E-state index in [-0.39, 0.29) is 12.5 Å². The van der Waals surface area contributed by atoms with Crippen molar-refractivity contribution in [2.24, 2.45) is 0 Å².